The molecule has 1 aromatic heterocycles. The molecule has 90 valence electrons. The minimum absolute atomic E-state index is 0.442. The van der Waals surface area contributed by atoms with Gasteiger partial charge in [0.05, 0.1) is 4.83 Å². The summed E-state index contributed by atoms with van der Waals surface area (Å²) in [6, 6.07) is 2.15. The third-order valence-corrected chi connectivity index (χ3v) is 7.62. The number of hydrogen-bond acceptors (Lipinski definition) is 1. The van der Waals surface area contributed by atoms with Crippen molar-refractivity contribution in [2.45, 2.75) is 37.9 Å². The van der Waals surface area contributed by atoms with Crippen LogP contribution in [-0.4, -0.2) is 0 Å². The minimum Gasteiger partial charge on any atom is -0.126 e. The van der Waals surface area contributed by atoms with E-state index >= 15 is 0 Å². The highest BCUT2D eigenvalue weighted by Gasteiger charge is 2.39. The number of halogens is 3. The van der Waals surface area contributed by atoms with Crippen molar-refractivity contribution in [2.24, 2.45) is 11.3 Å². The van der Waals surface area contributed by atoms with Crippen LogP contribution >= 0.6 is 54.8 Å². The lowest BCUT2D eigenvalue weighted by Gasteiger charge is -2.30. The third kappa shape index (κ3) is 2.52. The number of hydrogen-bond donors (Lipinski definition) is 0. The lowest BCUT2D eigenvalue weighted by molar-refractivity contribution is 0.258. The first-order valence-corrected chi connectivity index (χ1v) is 8.41. The van der Waals surface area contributed by atoms with Gasteiger partial charge in [-0.15, -0.1) is 11.3 Å². The van der Waals surface area contributed by atoms with Crippen LogP contribution in [0.5, 0.6) is 0 Å². The molecule has 0 saturated heterocycles. The summed E-state index contributed by atoms with van der Waals surface area (Å²) >= 11 is 15.1. The summed E-state index contributed by atoms with van der Waals surface area (Å²) in [6.07, 6.45) is 4.00. The Kier molecular flexibility index (Phi) is 4.11. The van der Waals surface area contributed by atoms with Crippen LogP contribution in [0, 0.1) is 11.3 Å². The van der Waals surface area contributed by atoms with Crippen LogP contribution < -0.4 is 0 Å². The molecule has 2 atom stereocenters. The molecule has 1 heterocycles. The lowest BCUT2D eigenvalue weighted by atomic mass is 9.80. The van der Waals surface area contributed by atoms with E-state index in [0.717, 1.165) is 8.81 Å². The zero-order valence-electron chi connectivity index (χ0n) is 9.40. The lowest BCUT2D eigenvalue weighted by Crippen LogP contribution is -2.20. The van der Waals surface area contributed by atoms with Gasteiger partial charge in [-0.05, 0) is 46.2 Å². The first-order valence-electron chi connectivity index (χ1n) is 5.50. The Hall–Kier alpha value is 0.950. The summed E-state index contributed by atoms with van der Waals surface area (Å²) in [4.78, 5) is 1.79. The number of alkyl halides is 1. The van der Waals surface area contributed by atoms with Crippen molar-refractivity contribution in [2.75, 3.05) is 0 Å². The largest absolute Gasteiger partial charge is 0.126 e. The van der Waals surface area contributed by atoms with Crippen LogP contribution in [0.25, 0.3) is 0 Å². The Balaban J connectivity index is 2.22. The Morgan fingerprint density at radius 2 is 2.25 bits per heavy atom. The van der Waals surface area contributed by atoms with Gasteiger partial charge in [-0.2, -0.15) is 0 Å². The van der Waals surface area contributed by atoms with E-state index in [1.807, 2.05) is 0 Å². The molecule has 1 aliphatic carbocycles. The predicted molar refractivity (Wildman–Crippen MR) is 79.8 cm³/mol. The highest BCUT2D eigenvalue weighted by molar-refractivity contribution is 9.10. The third-order valence-electron chi connectivity index (χ3n) is 3.63. The van der Waals surface area contributed by atoms with Crippen LogP contribution in [0.4, 0.5) is 0 Å². The SMILES string of the molecule is CC1(C)CCCC1C(Br)c1cc(Br)c(Cl)s1. The number of rotatable bonds is 2. The first-order chi connectivity index (χ1) is 7.42. The molecule has 2 rings (SSSR count). The quantitative estimate of drug-likeness (QED) is 0.514. The summed E-state index contributed by atoms with van der Waals surface area (Å²) in [5.41, 5.74) is 0.442. The molecule has 0 radical (unpaired) electrons. The van der Waals surface area contributed by atoms with Gasteiger partial charge < -0.3 is 0 Å². The summed E-state index contributed by atoms with van der Waals surface area (Å²) < 4.78 is 1.88. The maximum absolute atomic E-state index is 6.10. The first kappa shape index (κ1) is 13.4. The van der Waals surface area contributed by atoms with E-state index in [1.165, 1.54) is 24.1 Å². The molecule has 0 aliphatic heterocycles. The average Bonchev–Trinajstić information content (AvgIpc) is 2.70. The molecular weight excluding hydrogens is 371 g/mol. The van der Waals surface area contributed by atoms with Gasteiger partial charge in [0.2, 0.25) is 0 Å². The van der Waals surface area contributed by atoms with Gasteiger partial charge >= 0.3 is 0 Å². The highest BCUT2D eigenvalue weighted by Crippen LogP contribution is 2.53. The van der Waals surface area contributed by atoms with E-state index in [2.05, 4.69) is 51.8 Å². The fourth-order valence-corrected chi connectivity index (χ4v) is 5.77. The molecule has 0 bridgehead atoms. The summed E-state index contributed by atoms with van der Waals surface area (Å²) in [6.45, 7) is 4.76. The van der Waals surface area contributed by atoms with Gasteiger partial charge in [-0.1, -0.05) is 47.8 Å². The molecule has 1 saturated carbocycles. The van der Waals surface area contributed by atoms with Gasteiger partial charge in [0.25, 0.3) is 0 Å². The van der Waals surface area contributed by atoms with Gasteiger partial charge in [-0.25, -0.2) is 0 Å². The number of thiophene rings is 1. The normalized spacial score (nSPS) is 25.9. The Morgan fingerprint density at radius 1 is 1.56 bits per heavy atom. The average molecular weight is 387 g/mol. The second-order valence-electron chi connectivity index (χ2n) is 5.16. The van der Waals surface area contributed by atoms with E-state index in [-0.39, 0.29) is 0 Å². The second-order valence-corrected chi connectivity index (χ2v) is 8.69. The molecule has 0 nitrogen and oxygen atoms in total. The molecule has 0 spiro atoms. The van der Waals surface area contributed by atoms with Crippen molar-refractivity contribution in [1.82, 2.24) is 0 Å². The van der Waals surface area contributed by atoms with Crippen LogP contribution in [-0.2, 0) is 0 Å². The van der Waals surface area contributed by atoms with Crippen molar-refractivity contribution in [1.29, 1.82) is 0 Å². The van der Waals surface area contributed by atoms with Gasteiger partial charge in [0.1, 0.15) is 4.34 Å². The smallest absolute Gasteiger partial charge is 0.107 e. The maximum atomic E-state index is 6.10. The van der Waals surface area contributed by atoms with Gasteiger partial charge in [0.15, 0.2) is 0 Å². The topological polar surface area (TPSA) is 0 Å². The van der Waals surface area contributed by atoms with Crippen LogP contribution in [0.2, 0.25) is 4.34 Å². The van der Waals surface area contributed by atoms with Crippen molar-refractivity contribution < 1.29 is 0 Å². The van der Waals surface area contributed by atoms with E-state index in [0.29, 0.717) is 16.2 Å². The predicted octanol–water partition coefficient (Wildman–Crippen LogP) is 6.43. The summed E-state index contributed by atoms with van der Waals surface area (Å²) in [7, 11) is 0. The molecule has 0 N–H and O–H groups in total. The Morgan fingerprint density at radius 3 is 2.69 bits per heavy atom. The van der Waals surface area contributed by atoms with E-state index in [1.54, 1.807) is 11.3 Å². The fourth-order valence-electron chi connectivity index (χ4n) is 2.59. The molecule has 2 unspecified atom stereocenters. The van der Waals surface area contributed by atoms with Crippen LogP contribution in [0.3, 0.4) is 0 Å². The molecule has 0 amide bonds. The van der Waals surface area contributed by atoms with E-state index < -0.39 is 0 Å². The molecule has 4 heteroatoms. The van der Waals surface area contributed by atoms with E-state index in [4.69, 9.17) is 11.6 Å². The van der Waals surface area contributed by atoms with Gasteiger partial charge in [-0.3, -0.25) is 0 Å². The fraction of sp³-hybridized carbons (Fsp3) is 0.667. The minimum atomic E-state index is 0.442. The zero-order valence-corrected chi connectivity index (χ0v) is 14.1. The zero-order chi connectivity index (χ0) is 11.9. The van der Waals surface area contributed by atoms with Crippen molar-refractivity contribution >= 4 is 54.8 Å². The Bertz CT molecular complexity index is 367. The van der Waals surface area contributed by atoms with Crippen molar-refractivity contribution in [3.05, 3.63) is 19.8 Å². The van der Waals surface area contributed by atoms with Gasteiger partial charge in [0, 0.05) is 9.35 Å². The summed E-state index contributed by atoms with van der Waals surface area (Å²) in [5.74, 6) is 0.717. The van der Waals surface area contributed by atoms with Crippen molar-refractivity contribution in [3.8, 4) is 0 Å². The molecule has 1 fully saturated rings. The standard InChI is InChI=1S/C12H15Br2ClS/c1-12(2)5-3-4-7(12)10(14)9-6-8(13)11(15)16-9/h6-7,10H,3-5H2,1-2H3. The van der Waals surface area contributed by atoms with Crippen LogP contribution in [0.1, 0.15) is 42.8 Å². The van der Waals surface area contributed by atoms with Crippen LogP contribution in [0.15, 0.2) is 10.5 Å². The Labute approximate surface area is 123 Å². The molecule has 1 aliphatic rings. The monoisotopic (exact) mass is 384 g/mol. The molecule has 16 heavy (non-hydrogen) atoms. The second kappa shape index (κ2) is 4.91. The summed E-state index contributed by atoms with van der Waals surface area (Å²) in [5, 5.41) is 0. The molecule has 1 aromatic rings. The maximum Gasteiger partial charge on any atom is 0.107 e. The molecule has 0 aromatic carbocycles. The van der Waals surface area contributed by atoms with E-state index in [9.17, 15) is 0 Å². The highest BCUT2D eigenvalue weighted by atomic mass is 79.9. The molecular formula is C12H15Br2ClS. The van der Waals surface area contributed by atoms with Crippen molar-refractivity contribution in [3.63, 3.8) is 0 Å².